The summed E-state index contributed by atoms with van der Waals surface area (Å²) >= 11 is 5.79. The first kappa shape index (κ1) is 17.4. The van der Waals surface area contributed by atoms with E-state index in [9.17, 15) is 14.9 Å². The van der Waals surface area contributed by atoms with Crippen molar-refractivity contribution in [2.24, 2.45) is 5.10 Å². The van der Waals surface area contributed by atoms with Gasteiger partial charge in [0.1, 0.15) is 0 Å². The molecule has 3 aromatic rings. The Morgan fingerprint density at radius 2 is 1.81 bits per heavy atom. The van der Waals surface area contributed by atoms with Crippen LogP contribution in [-0.4, -0.2) is 21.6 Å². The van der Waals surface area contributed by atoms with Crippen LogP contribution < -0.4 is 5.43 Å². The largest absolute Gasteiger partial charge is 0.316 e. The maximum Gasteiger partial charge on any atom is 0.271 e. The lowest BCUT2D eigenvalue weighted by molar-refractivity contribution is -0.384. The number of hydrogen-bond donors (Lipinski definition) is 1. The predicted molar refractivity (Wildman–Crippen MR) is 98.9 cm³/mol. The number of hydrogen-bond acceptors (Lipinski definition) is 4. The molecule has 130 valence electrons. The SMILES string of the molecule is O=C(NN=Cc1cccn1-c1ccc([N+](=O)[O-])cc1)c1ccc(Cl)cc1. The molecule has 0 aliphatic rings. The molecule has 0 unspecified atom stereocenters. The summed E-state index contributed by atoms with van der Waals surface area (Å²) in [5.74, 6) is -0.355. The van der Waals surface area contributed by atoms with Crippen LogP contribution in [0.5, 0.6) is 0 Å². The third kappa shape index (κ3) is 3.96. The zero-order chi connectivity index (χ0) is 18.5. The van der Waals surface area contributed by atoms with Crippen LogP contribution in [0, 0.1) is 10.1 Å². The summed E-state index contributed by atoms with van der Waals surface area (Å²) < 4.78 is 1.79. The Morgan fingerprint density at radius 1 is 1.12 bits per heavy atom. The van der Waals surface area contributed by atoms with Gasteiger partial charge in [-0.2, -0.15) is 5.10 Å². The summed E-state index contributed by atoms with van der Waals surface area (Å²) in [6.07, 6.45) is 3.29. The number of non-ortho nitro benzene ring substituents is 1. The summed E-state index contributed by atoms with van der Waals surface area (Å²) in [6, 6.07) is 16.2. The highest BCUT2D eigenvalue weighted by atomic mass is 35.5. The second-order valence-electron chi connectivity index (χ2n) is 5.28. The normalized spacial score (nSPS) is 10.8. The molecule has 26 heavy (non-hydrogen) atoms. The first-order valence-electron chi connectivity index (χ1n) is 7.56. The van der Waals surface area contributed by atoms with Crippen LogP contribution >= 0.6 is 11.6 Å². The van der Waals surface area contributed by atoms with E-state index in [1.54, 1.807) is 53.2 Å². The lowest BCUT2D eigenvalue weighted by atomic mass is 10.2. The van der Waals surface area contributed by atoms with E-state index >= 15 is 0 Å². The van der Waals surface area contributed by atoms with Crippen molar-refractivity contribution in [1.29, 1.82) is 0 Å². The van der Waals surface area contributed by atoms with E-state index in [4.69, 9.17) is 11.6 Å². The summed E-state index contributed by atoms with van der Waals surface area (Å²) in [5, 5.41) is 15.2. The van der Waals surface area contributed by atoms with Crippen LogP contribution in [-0.2, 0) is 0 Å². The Morgan fingerprint density at radius 3 is 2.46 bits per heavy atom. The number of carbonyl (C=O) groups excluding carboxylic acids is 1. The van der Waals surface area contributed by atoms with Gasteiger partial charge in [0.05, 0.1) is 16.8 Å². The van der Waals surface area contributed by atoms with Gasteiger partial charge in [-0.3, -0.25) is 14.9 Å². The molecule has 8 heteroatoms. The Bertz CT molecular complexity index is 963. The number of nitro groups is 1. The summed E-state index contributed by atoms with van der Waals surface area (Å²) in [7, 11) is 0. The molecular weight excluding hydrogens is 356 g/mol. The number of nitrogens with one attached hydrogen (secondary N) is 1. The molecule has 3 rings (SSSR count). The molecule has 0 saturated heterocycles. The number of amides is 1. The third-order valence-electron chi connectivity index (χ3n) is 3.59. The van der Waals surface area contributed by atoms with Crippen LogP contribution in [0.4, 0.5) is 5.69 Å². The number of nitro benzene ring substituents is 1. The summed E-state index contributed by atoms with van der Waals surface area (Å²) in [4.78, 5) is 22.3. The van der Waals surface area contributed by atoms with Gasteiger partial charge in [0.15, 0.2) is 0 Å². The smallest absolute Gasteiger partial charge is 0.271 e. The van der Waals surface area contributed by atoms with Gasteiger partial charge in [0, 0.05) is 34.6 Å². The van der Waals surface area contributed by atoms with E-state index in [0.717, 1.165) is 5.69 Å². The van der Waals surface area contributed by atoms with Gasteiger partial charge in [0.25, 0.3) is 11.6 Å². The van der Waals surface area contributed by atoms with Crippen molar-refractivity contribution in [2.75, 3.05) is 0 Å². The Balaban J connectivity index is 1.72. The van der Waals surface area contributed by atoms with E-state index in [-0.39, 0.29) is 11.6 Å². The molecular formula is C18H13ClN4O3. The second-order valence-corrected chi connectivity index (χ2v) is 5.72. The maximum absolute atomic E-state index is 12.0. The molecule has 0 atom stereocenters. The molecule has 7 nitrogen and oxygen atoms in total. The van der Waals surface area contributed by atoms with Crippen molar-refractivity contribution in [2.45, 2.75) is 0 Å². The molecule has 0 spiro atoms. The number of nitrogens with zero attached hydrogens (tertiary/aromatic N) is 3. The minimum Gasteiger partial charge on any atom is -0.316 e. The predicted octanol–water partition coefficient (Wildman–Crippen LogP) is 3.80. The fourth-order valence-electron chi connectivity index (χ4n) is 2.29. The van der Waals surface area contributed by atoms with Gasteiger partial charge in [-0.05, 0) is 48.5 Å². The highest BCUT2D eigenvalue weighted by Crippen LogP contribution is 2.17. The Hall–Kier alpha value is -3.45. The van der Waals surface area contributed by atoms with Crippen molar-refractivity contribution in [3.8, 4) is 5.69 Å². The van der Waals surface area contributed by atoms with Gasteiger partial charge in [-0.15, -0.1) is 0 Å². The summed E-state index contributed by atoms with van der Waals surface area (Å²) in [5.41, 5.74) is 4.35. The minimum atomic E-state index is -0.450. The van der Waals surface area contributed by atoms with Crippen LogP contribution in [0.2, 0.25) is 5.02 Å². The molecule has 0 fully saturated rings. The van der Waals surface area contributed by atoms with Gasteiger partial charge >= 0.3 is 0 Å². The number of hydrazone groups is 1. The van der Waals surface area contributed by atoms with E-state index in [2.05, 4.69) is 10.5 Å². The molecule has 0 aliphatic carbocycles. The first-order valence-corrected chi connectivity index (χ1v) is 7.93. The molecule has 2 aromatic carbocycles. The zero-order valence-corrected chi connectivity index (χ0v) is 14.1. The molecule has 0 aliphatic heterocycles. The van der Waals surface area contributed by atoms with E-state index in [1.165, 1.54) is 18.3 Å². The van der Waals surface area contributed by atoms with E-state index in [1.807, 2.05) is 6.07 Å². The van der Waals surface area contributed by atoms with E-state index in [0.29, 0.717) is 16.3 Å². The monoisotopic (exact) mass is 368 g/mol. The molecule has 0 saturated carbocycles. The topological polar surface area (TPSA) is 89.5 Å². The fraction of sp³-hybridized carbons (Fsp3) is 0. The average Bonchev–Trinajstić information content (AvgIpc) is 3.10. The number of rotatable bonds is 5. The molecule has 1 heterocycles. The lowest BCUT2D eigenvalue weighted by Crippen LogP contribution is -2.17. The van der Waals surface area contributed by atoms with Crippen LogP contribution in [0.1, 0.15) is 16.1 Å². The molecule has 1 aromatic heterocycles. The third-order valence-corrected chi connectivity index (χ3v) is 3.84. The van der Waals surface area contributed by atoms with Crippen molar-refractivity contribution in [3.63, 3.8) is 0 Å². The maximum atomic E-state index is 12.0. The highest BCUT2D eigenvalue weighted by Gasteiger charge is 2.07. The molecule has 0 bridgehead atoms. The van der Waals surface area contributed by atoms with Crippen LogP contribution in [0.15, 0.2) is 72.0 Å². The number of benzene rings is 2. The lowest BCUT2D eigenvalue weighted by Gasteiger charge is -2.06. The van der Waals surface area contributed by atoms with Gasteiger partial charge in [-0.1, -0.05) is 11.6 Å². The number of halogens is 1. The van der Waals surface area contributed by atoms with Crippen LogP contribution in [0.25, 0.3) is 5.69 Å². The highest BCUT2D eigenvalue weighted by molar-refractivity contribution is 6.30. The molecule has 1 amide bonds. The van der Waals surface area contributed by atoms with Crippen molar-refractivity contribution in [1.82, 2.24) is 9.99 Å². The average molecular weight is 369 g/mol. The Labute approximate surface area is 153 Å². The quantitative estimate of drug-likeness (QED) is 0.422. The zero-order valence-electron chi connectivity index (χ0n) is 13.4. The van der Waals surface area contributed by atoms with Gasteiger partial charge in [0.2, 0.25) is 0 Å². The second kappa shape index (κ2) is 7.62. The standard InChI is InChI=1S/C18H13ClN4O3/c19-14-5-3-13(4-6-14)18(24)21-20-12-17-2-1-11-22(17)15-7-9-16(10-8-15)23(25)26/h1-12H,(H,21,24). The van der Waals surface area contributed by atoms with Crippen LogP contribution in [0.3, 0.4) is 0 Å². The van der Waals surface area contributed by atoms with Gasteiger partial charge in [-0.25, -0.2) is 5.43 Å². The first-order chi connectivity index (χ1) is 12.5. The molecule has 1 N–H and O–H groups in total. The molecule has 0 radical (unpaired) electrons. The number of aromatic nitrogens is 1. The minimum absolute atomic E-state index is 0.0198. The van der Waals surface area contributed by atoms with E-state index < -0.39 is 4.92 Å². The summed E-state index contributed by atoms with van der Waals surface area (Å²) in [6.45, 7) is 0. The fourth-order valence-corrected chi connectivity index (χ4v) is 2.42. The number of carbonyl (C=O) groups is 1. The van der Waals surface area contributed by atoms with Crippen molar-refractivity contribution < 1.29 is 9.72 Å². The van der Waals surface area contributed by atoms with Gasteiger partial charge < -0.3 is 4.57 Å². The Kier molecular flexibility index (Phi) is 5.09. The van der Waals surface area contributed by atoms with Crippen molar-refractivity contribution >= 4 is 29.4 Å². The van der Waals surface area contributed by atoms with Crippen molar-refractivity contribution in [3.05, 3.63) is 93.3 Å².